The van der Waals surface area contributed by atoms with Gasteiger partial charge in [-0.3, -0.25) is 9.58 Å². The Morgan fingerprint density at radius 1 is 1.19 bits per heavy atom. The maximum atomic E-state index is 14.0. The van der Waals surface area contributed by atoms with Crippen molar-refractivity contribution >= 4 is 0 Å². The average Bonchev–Trinajstić information content (AvgIpc) is 3.17. The van der Waals surface area contributed by atoms with Crippen molar-refractivity contribution in [3.63, 3.8) is 0 Å². The lowest BCUT2D eigenvalue weighted by atomic mass is 9.93. The first-order valence-electron chi connectivity index (χ1n) is 8.88. The van der Waals surface area contributed by atoms with Crippen LogP contribution in [0.2, 0.25) is 0 Å². The van der Waals surface area contributed by atoms with Crippen LogP contribution in [0.1, 0.15) is 29.3 Å². The molecule has 1 aromatic heterocycles. The summed E-state index contributed by atoms with van der Waals surface area (Å²) >= 11 is 0. The number of aromatic nitrogens is 2. The van der Waals surface area contributed by atoms with Gasteiger partial charge < -0.3 is 15.6 Å². The number of aliphatic hydroxyl groups excluding tert-OH is 1. The van der Waals surface area contributed by atoms with Crippen molar-refractivity contribution in [1.82, 2.24) is 14.7 Å². The van der Waals surface area contributed by atoms with E-state index in [0.29, 0.717) is 38.7 Å². The second-order valence-corrected chi connectivity index (χ2v) is 7.09. The molecule has 3 N–H and O–H groups in total. The summed E-state index contributed by atoms with van der Waals surface area (Å²) in [6.45, 7) is 2.17. The van der Waals surface area contributed by atoms with Gasteiger partial charge in [-0.05, 0) is 12.5 Å². The highest BCUT2D eigenvalue weighted by Crippen LogP contribution is 2.34. The van der Waals surface area contributed by atoms with Crippen LogP contribution in [0.4, 0.5) is 13.2 Å². The lowest BCUT2D eigenvalue weighted by Crippen LogP contribution is -2.47. The zero-order chi connectivity index (χ0) is 19.1. The van der Waals surface area contributed by atoms with E-state index in [1.807, 2.05) is 6.20 Å². The van der Waals surface area contributed by atoms with Crippen molar-refractivity contribution in [2.24, 2.45) is 5.73 Å². The Morgan fingerprint density at radius 2 is 1.96 bits per heavy atom. The third kappa shape index (κ3) is 3.47. The van der Waals surface area contributed by atoms with Crippen LogP contribution >= 0.6 is 0 Å². The van der Waals surface area contributed by atoms with Crippen molar-refractivity contribution in [2.75, 3.05) is 13.2 Å². The van der Waals surface area contributed by atoms with Crippen LogP contribution in [0.15, 0.2) is 18.3 Å². The Morgan fingerprint density at radius 3 is 2.67 bits per heavy atom. The topological polar surface area (TPSA) is 76.5 Å². The zero-order valence-electron chi connectivity index (χ0n) is 14.6. The number of nitrogens with two attached hydrogens (primary N) is 1. The minimum Gasteiger partial charge on any atom is -0.394 e. The number of hydrogen-bond acceptors (Lipinski definition) is 5. The van der Waals surface area contributed by atoms with E-state index >= 15 is 0 Å². The second kappa shape index (κ2) is 7.23. The van der Waals surface area contributed by atoms with Crippen LogP contribution in [0.25, 0.3) is 0 Å². The molecule has 2 aliphatic heterocycles. The predicted molar refractivity (Wildman–Crippen MR) is 89.9 cm³/mol. The van der Waals surface area contributed by atoms with E-state index < -0.39 is 29.6 Å². The molecule has 0 aliphatic carbocycles. The molecule has 2 aromatic rings. The van der Waals surface area contributed by atoms with Gasteiger partial charge in [-0.15, -0.1) is 0 Å². The fourth-order valence-corrected chi connectivity index (χ4v) is 3.89. The van der Waals surface area contributed by atoms with E-state index in [0.717, 1.165) is 17.3 Å². The van der Waals surface area contributed by atoms with E-state index in [1.165, 1.54) is 0 Å². The number of aliphatic hydroxyl groups is 1. The average molecular weight is 382 g/mol. The van der Waals surface area contributed by atoms with Crippen molar-refractivity contribution in [3.05, 3.63) is 52.6 Å². The summed E-state index contributed by atoms with van der Waals surface area (Å²) in [5, 5.41) is 13.4. The normalized spacial score (nSPS) is 25.7. The third-order valence-corrected chi connectivity index (χ3v) is 5.24. The second-order valence-electron chi connectivity index (χ2n) is 7.09. The number of halogens is 3. The molecule has 3 heterocycles. The van der Waals surface area contributed by atoms with Gasteiger partial charge in [0.25, 0.3) is 0 Å². The number of benzene rings is 1. The number of hydrogen-bond donors (Lipinski definition) is 2. The summed E-state index contributed by atoms with van der Waals surface area (Å²) in [7, 11) is 0. The van der Waals surface area contributed by atoms with E-state index in [9.17, 15) is 13.2 Å². The van der Waals surface area contributed by atoms with Crippen molar-refractivity contribution < 1.29 is 23.0 Å². The van der Waals surface area contributed by atoms with Crippen molar-refractivity contribution in [1.29, 1.82) is 0 Å². The van der Waals surface area contributed by atoms with Crippen LogP contribution in [-0.2, 0) is 24.4 Å². The van der Waals surface area contributed by atoms with Crippen LogP contribution in [0.3, 0.4) is 0 Å². The molecule has 27 heavy (non-hydrogen) atoms. The predicted octanol–water partition coefficient (Wildman–Crippen LogP) is 1.47. The van der Waals surface area contributed by atoms with Crippen molar-refractivity contribution in [3.8, 4) is 0 Å². The van der Waals surface area contributed by atoms with Gasteiger partial charge in [-0.1, -0.05) is 0 Å². The van der Waals surface area contributed by atoms with Crippen LogP contribution in [-0.4, -0.2) is 45.1 Å². The van der Waals surface area contributed by atoms with Crippen LogP contribution in [0, 0.1) is 17.5 Å². The van der Waals surface area contributed by atoms with Gasteiger partial charge in [0.15, 0.2) is 11.6 Å². The molecule has 1 fully saturated rings. The molecule has 0 amide bonds. The molecule has 0 radical (unpaired) electrons. The SMILES string of the molecule is NC1CC(N2Cc3cn(CCO)nc3C2)CO[C@@H]1c1cc(F)c(F)cc1F. The smallest absolute Gasteiger partial charge is 0.161 e. The summed E-state index contributed by atoms with van der Waals surface area (Å²) in [6, 6.07) is 0.845. The first-order chi connectivity index (χ1) is 13.0. The summed E-state index contributed by atoms with van der Waals surface area (Å²) < 4.78 is 48.2. The molecule has 146 valence electrons. The summed E-state index contributed by atoms with van der Waals surface area (Å²) in [6.07, 6.45) is 1.66. The minimum absolute atomic E-state index is 0.0325. The minimum atomic E-state index is -1.23. The number of nitrogens with zero attached hydrogens (tertiary/aromatic N) is 3. The number of ether oxygens (including phenoxy) is 1. The van der Waals surface area contributed by atoms with Gasteiger partial charge in [0.2, 0.25) is 0 Å². The highest BCUT2D eigenvalue weighted by atomic mass is 19.2. The Labute approximate surface area is 154 Å². The zero-order valence-corrected chi connectivity index (χ0v) is 14.6. The number of fused-ring (bicyclic) bond motifs is 1. The Bertz CT molecular complexity index is 821. The van der Waals surface area contributed by atoms with Gasteiger partial charge in [0.1, 0.15) is 11.9 Å². The van der Waals surface area contributed by atoms with E-state index in [2.05, 4.69) is 10.00 Å². The molecule has 3 atom stereocenters. The van der Waals surface area contributed by atoms with Gasteiger partial charge in [0.05, 0.1) is 25.5 Å². The molecule has 0 saturated carbocycles. The molecule has 9 heteroatoms. The lowest BCUT2D eigenvalue weighted by molar-refractivity contribution is -0.0534. The molecule has 4 rings (SSSR count). The Balaban J connectivity index is 1.42. The molecule has 1 aromatic carbocycles. The van der Waals surface area contributed by atoms with Crippen molar-refractivity contribution in [2.45, 2.75) is 44.2 Å². The fraction of sp³-hybridized carbons (Fsp3) is 0.500. The van der Waals surface area contributed by atoms with Gasteiger partial charge in [0, 0.05) is 48.6 Å². The van der Waals surface area contributed by atoms with Gasteiger partial charge in [-0.2, -0.15) is 5.10 Å². The molecule has 6 nitrogen and oxygen atoms in total. The number of rotatable bonds is 4. The van der Waals surface area contributed by atoms with E-state index in [4.69, 9.17) is 15.6 Å². The maximum absolute atomic E-state index is 14.0. The van der Waals surface area contributed by atoms with E-state index in [1.54, 1.807) is 4.68 Å². The largest absolute Gasteiger partial charge is 0.394 e. The van der Waals surface area contributed by atoms with Gasteiger partial charge >= 0.3 is 0 Å². The molecule has 2 unspecified atom stereocenters. The maximum Gasteiger partial charge on any atom is 0.161 e. The third-order valence-electron chi connectivity index (χ3n) is 5.24. The first-order valence-corrected chi connectivity index (χ1v) is 8.88. The summed E-state index contributed by atoms with van der Waals surface area (Å²) in [4.78, 5) is 2.19. The Hall–Kier alpha value is -1.94. The Kier molecular flexibility index (Phi) is 4.94. The molecule has 1 saturated heterocycles. The highest BCUT2D eigenvalue weighted by Gasteiger charge is 2.37. The monoisotopic (exact) mass is 382 g/mol. The first kappa shape index (κ1) is 18.4. The summed E-state index contributed by atoms with van der Waals surface area (Å²) in [5.41, 5.74) is 8.20. The molecule has 0 bridgehead atoms. The summed E-state index contributed by atoms with van der Waals surface area (Å²) in [5.74, 6) is -3.20. The van der Waals surface area contributed by atoms with Crippen LogP contribution < -0.4 is 5.73 Å². The lowest BCUT2D eigenvalue weighted by Gasteiger charge is -2.38. The highest BCUT2D eigenvalue weighted by molar-refractivity contribution is 5.25. The van der Waals surface area contributed by atoms with E-state index in [-0.39, 0.29) is 18.2 Å². The van der Waals surface area contributed by atoms with Gasteiger partial charge in [-0.25, -0.2) is 13.2 Å². The fourth-order valence-electron chi connectivity index (χ4n) is 3.89. The molecular formula is C18H21F3N4O2. The quantitative estimate of drug-likeness (QED) is 0.784. The standard InChI is InChI=1S/C18H21F3N4O2/c19-13-5-15(21)14(20)4-12(13)18-16(22)3-11(9-27-18)24-6-10-7-25(1-2-26)23-17(10)8-24/h4-5,7,11,16,18,26H,1-3,6,8-9,22H2/t11?,16?,18-/m1/s1. The molecule has 2 aliphatic rings. The molecular weight excluding hydrogens is 361 g/mol. The van der Waals surface area contributed by atoms with Crippen LogP contribution in [0.5, 0.6) is 0 Å². The molecule has 0 spiro atoms.